The summed E-state index contributed by atoms with van der Waals surface area (Å²) in [6, 6.07) is 12.1. The smallest absolute Gasteiger partial charge is 0.321 e. The van der Waals surface area contributed by atoms with E-state index in [1.165, 1.54) is 12.3 Å². The highest BCUT2D eigenvalue weighted by molar-refractivity contribution is 6.08. The molecule has 3 rings (SSSR count). The first-order valence-corrected chi connectivity index (χ1v) is 8.43. The number of hydrogen-bond acceptors (Lipinski definition) is 2. The number of anilines is 1. The van der Waals surface area contributed by atoms with E-state index in [0.717, 1.165) is 17.7 Å². The quantitative estimate of drug-likeness (QED) is 0.617. The normalized spacial score (nSPS) is 12.2. The van der Waals surface area contributed by atoms with E-state index in [9.17, 15) is 18.0 Å². The Morgan fingerprint density at radius 2 is 1.56 bits per heavy atom. The molecular weight excluding hydrogens is 353 g/mol. The minimum Gasteiger partial charge on any atom is -0.321 e. The number of pyridine rings is 1. The molecule has 0 fully saturated rings. The summed E-state index contributed by atoms with van der Waals surface area (Å²) in [6.45, 7) is 6.25. The van der Waals surface area contributed by atoms with Crippen molar-refractivity contribution in [1.82, 2.24) is 4.98 Å². The molecule has 27 heavy (non-hydrogen) atoms. The highest BCUT2D eigenvalue weighted by atomic mass is 19.4. The lowest BCUT2D eigenvalue weighted by atomic mass is 9.87. The molecule has 140 valence electrons. The summed E-state index contributed by atoms with van der Waals surface area (Å²) in [6.07, 6.45) is -3.06. The topological polar surface area (TPSA) is 42.0 Å². The molecule has 0 aliphatic heterocycles. The number of aromatic nitrogens is 1. The van der Waals surface area contributed by atoms with Gasteiger partial charge in [-0.1, -0.05) is 39.0 Å². The Labute approximate surface area is 155 Å². The molecule has 1 aromatic heterocycles. The fourth-order valence-corrected chi connectivity index (χ4v) is 2.75. The molecule has 3 aromatic rings. The molecule has 0 bridgehead atoms. The largest absolute Gasteiger partial charge is 0.416 e. The second-order valence-corrected chi connectivity index (χ2v) is 7.37. The monoisotopic (exact) mass is 372 g/mol. The van der Waals surface area contributed by atoms with Crippen molar-refractivity contribution in [3.8, 4) is 0 Å². The fraction of sp³-hybridized carbons (Fsp3) is 0.238. The van der Waals surface area contributed by atoms with E-state index in [-0.39, 0.29) is 16.8 Å². The Kier molecular flexibility index (Phi) is 4.68. The Bertz CT molecular complexity index is 987. The molecule has 0 saturated carbocycles. The zero-order chi connectivity index (χ0) is 19.8. The van der Waals surface area contributed by atoms with Crippen LogP contribution in [0.3, 0.4) is 0 Å². The number of rotatable bonds is 2. The Morgan fingerprint density at radius 3 is 2.15 bits per heavy atom. The zero-order valence-electron chi connectivity index (χ0n) is 15.2. The van der Waals surface area contributed by atoms with Crippen molar-refractivity contribution in [3.05, 3.63) is 71.4 Å². The second-order valence-electron chi connectivity index (χ2n) is 7.37. The highest BCUT2D eigenvalue weighted by Gasteiger charge is 2.30. The molecule has 1 N–H and O–H groups in total. The van der Waals surface area contributed by atoms with Crippen LogP contribution in [0.15, 0.2) is 54.7 Å². The Morgan fingerprint density at radius 1 is 0.926 bits per heavy atom. The number of hydrogen-bond donors (Lipinski definition) is 1. The van der Waals surface area contributed by atoms with Gasteiger partial charge in [-0.3, -0.25) is 9.78 Å². The van der Waals surface area contributed by atoms with Crippen molar-refractivity contribution >= 4 is 22.5 Å². The first-order chi connectivity index (χ1) is 12.6. The average Bonchev–Trinajstić information content (AvgIpc) is 2.60. The van der Waals surface area contributed by atoms with Crippen LogP contribution in [0.4, 0.5) is 18.9 Å². The predicted molar refractivity (Wildman–Crippen MR) is 99.8 cm³/mol. The van der Waals surface area contributed by atoms with E-state index in [1.807, 2.05) is 12.1 Å². The lowest BCUT2D eigenvalue weighted by molar-refractivity contribution is -0.137. The van der Waals surface area contributed by atoms with Gasteiger partial charge >= 0.3 is 6.18 Å². The van der Waals surface area contributed by atoms with Gasteiger partial charge in [0.25, 0.3) is 5.91 Å². The number of nitrogens with one attached hydrogen (secondary N) is 1. The van der Waals surface area contributed by atoms with E-state index in [2.05, 4.69) is 31.1 Å². The Hall–Kier alpha value is -2.89. The summed E-state index contributed by atoms with van der Waals surface area (Å²) < 4.78 is 38.6. The molecule has 0 radical (unpaired) electrons. The lowest BCUT2D eigenvalue weighted by Crippen LogP contribution is -2.14. The highest BCUT2D eigenvalue weighted by Crippen LogP contribution is 2.32. The van der Waals surface area contributed by atoms with Crippen molar-refractivity contribution in [2.75, 3.05) is 5.32 Å². The van der Waals surface area contributed by atoms with Crippen LogP contribution in [0, 0.1) is 0 Å². The molecule has 3 nitrogen and oxygen atoms in total. The molecule has 0 aliphatic carbocycles. The SMILES string of the molecule is CC(C)(C)c1ccc(C(=O)Nc2ccnc3cc(C(F)(F)F)ccc23)cc1. The number of nitrogens with zero attached hydrogens (tertiary/aromatic N) is 1. The zero-order valence-corrected chi connectivity index (χ0v) is 15.2. The molecular formula is C21H19F3N2O. The van der Waals surface area contributed by atoms with E-state index in [1.54, 1.807) is 18.2 Å². The second kappa shape index (κ2) is 6.68. The van der Waals surface area contributed by atoms with E-state index < -0.39 is 11.7 Å². The average molecular weight is 372 g/mol. The maximum Gasteiger partial charge on any atom is 0.416 e. The third-order valence-corrected chi connectivity index (χ3v) is 4.33. The number of carbonyl (C=O) groups excluding carboxylic acids is 1. The molecule has 2 aromatic carbocycles. The molecule has 0 atom stereocenters. The van der Waals surface area contributed by atoms with Crippen LogP contribution in [0.5, 0.6) is 0 Å². The van der Waals surface area contributed by atoms with Gasteiger partial charge in [0.05, 0.1) is 16.8 Å². The van der Waals surface area contributed by atoms with Crippen molar-refractivity contribution in [2.24, 2.45) is 0 Å². The molecule has 1 amide bonds. The van der Waals surface area contributed by atoms with Crippen LogP contribution in [-0.4, -0.2) is 10.9 Å². The van der Waals surface area contributed by atoms with Crippen molar-refractivity contribution in [2.45, 2.75) is 32.4 Å². The van der Waals surface area contributed by atoms with Crippen LogP contribution < -0.4 is 5.32 Å². The van der Waals surface area contributed by atoms with Gasteiger partial charge in [-0.25, -0.2) is 0 Å². The standard InChI is InChI=1S/C21H19F3N2O/c1-20(2,3)14-6-4-13(5-7-14)19(27)26-17-10-11-25-18-12-15(21(22,23)24)8-9-16(17)18/h4-12H,1-3H3,(H,25,26,27). The number of benzene rings is 2. The van der Waals surface area contributed by atoms with Gasteiger partial charge in [-0.05, 0) is 41.3 Å². The van der Waals surface area contributed by atoms with Gasteiger partial charge in [0.1, 0.15) is 0 Å². The molecule has 0 spiro atoms. The fourth-order valence-electron chi connectivity index (χ4n) is 2.75. The van der Waals surface area contributed by atoms with Crippen LogP contribution >= 0.6 is 0 Å². The number of carbonyl (C=O) groups is 1. The van der Waals surface area contributed by atoms with Gasteiger partial charge in [0.2, 0.25) is 0 Å². The lowest BCUT2D eigenvalue weighted by Gasteiger charge is -2.19. The van der Waals surface area contributed by atoms with Crippen molar-refractivity contribution in [3.63, 3.8) is 0 Å². The summed E-state index contributed by atoms with van der Waals surface area (Å²) in [7, 11) is 0. The number of alkyl halides is 3. The van der Waals surface area contributed by atoms with Gasteiger partial charge in [-0.15, -0.1) is 0 Å². The molecule has 0 unspecified atom stereocenters. The van der Waals surface area contributed by atoms with Crippen molar-refractivity contribution < 1.29 is 18.0 Å². The molecule has 6 heteroatoms. The summed E-state index contributed by atoms with van der Waals surface area (Å²) in [5.41, 5.74) is 1.37. The maximum absolute atomic E-state index is 12.9. The van der Waals surface area contributed by atoms with Gasteiger partial charge < -0.3 is 5.32 Å². The van der Waals surface area contributed by atoms with Crippen LogP contribution in [0.1, 0.15) is 42.3 Å². The molecule has 1 heterocycles. The van der Waals surface area contributed by atoms with Crippen molar-refractivity contribution in [1.29, 1.82) is 0 Å². The van der Waals surface area contributed by atoms with E-state index >= 15 is 0 Å². The molecule has 0 saturated heterocycles. The summed E-state index contributed by atoms with van der Waals surface area (Å²) in [5.74, 6) is -0.331. The first kappa shape index (κ1) is 18.9. The number of halogens is 3. The van der Waals surface area contributed by atoms with Crippen LogP contribution in [-0.2, 0) is 11.6 Å². The first-order valence-electron chi connectivity index (χ1n) is 8.43. The summed E-state index contributed by atoms with van der Waals surface area (Å²) in [4.78, 5) is 16.5. The van der Waals surface area contributed by atoms with E-state index in [4.69, 9.17) is 0 Å². The third kappa shape index (κ3) is 4.10. The van der Waals surface area contributed by atoms with Gasteiger partial charge in [-0.2, -0.15) is 13.2 Å². The number of amides is 1. The minimum atomic E-state index is -4.44. The van der Waals surface area contributed by atoms with E-state index in [0.29, 0.717) is 16.6 Å². The minimum absolute atomic E-state index is 0.0213. The third-order valence-electron chi connectivity index (χ3n) is 4.33. The Balaban J connectivity index is 1.89. The van der Waals surface area contributed by atoms with Gasteiger partial charge in [0, 0.05) is 17.1 Å². The van der Waals surface area contributed by atoms with Gasteiger partial charge in [0.15, 0.2) is 0 Å². The molecule has 0 aliphatic rings. The number of fused-ring (bicyclic) bond motifs is 1. The summed E-state index contributed by atoms with van der Waals surface area (Å²) in [5, 5.41) is 3.21. The predicted octanol–water partition coefficient (Wildman–Crippen LogP) is 5.80. The summed E-state index contributed by atoms with van der Waals surface area (Å²) >= 11 is 0. The van der Waals surface area contributed by atoms with Crippen LogP contribution in [0.2, 0.25) is 0 Å². The maximum atomic E-state index is 12.9. The van der Waals surface area contributed by atoms with Crippen LogP contribution in [0.25, 0.3) is 10.9 Å².